The molecule has 2 aromatic heterocycles. The van der Waals surface area contributed by atoms with E-state index in [1.807, 2.05) is 12.3 Å². The number of hydrogen-bond acceptors (Lipinski definition) is 2. The molecule has 0 fully saturated rings. The summed E-state index contributed by atoms with van der Waals surface area (Å²) in [6.45, 7) is 6.35. The van der Waals surface area contributed by atoms with Crippen LogP contribution in [0.4, 0.5) is 0 Å². The predicted octanol–water partition coefficient (Wildman–Crippen LogP) is 4.81. The Morgan fingerprint density at radius 2 is 2.04 bits per heavy atom. The van der Waals surface area contributed by atoms with Gasteiger partial charge in [-0.3, -0.25) is 5.10 Å². The minimum absolute atomic E-state index is 0.240. The van der Waals surface area contributed by atoms with Crippen LogP contribution in [0.1, 0.15) is 36.6 Å². The van der Waals surface area contributed by atoms with Gasteiger partial charge in [0.25, 0.3) is 0 Å². The minimum Gasteiger partial charge on any atom is -0.312 e. The van der Waals surface area contributed by atoms with Crippen LogP contribution in [0, 0.1) is 18.3 Å². The lowest BCUT2D eigenvalue weighted by Gasteiger charge is -2.14. The standard InChI is InChI=1S/C20H18N4/c1-12(2)20-17(10-21)16-9-18-14(11-22-23-18)8-19(16)24(20)15-6-4-5-13(3)7-15/h4-9,11-12H,1-3H3,(H,22,23). The van der Waals surface area contributed by atoms with Crippen molar-refractivity contribution in [2.24, 2.45) is 0 Å². The highest BCUT2D eigenvalue weighted by Gasteiger charge is 2.21. The number of rotatable bonds is 2. The average Bonchev–Trinajstić information content (AvgIpc) is 3.13. The maximum absolute atomic E-state index is 9.81. The van der Waals surface area contributed by atoms with Gasteiger partial charge in [-0.15, -0.1) is 0 Å². The monoisotopic (exact) mass is 314 g/mol. The maximum Gasteiger partial charge on any atom is 0.102 e. The quantitative estimate of drug-likeness (QED) is 0.577. The smallest absolute Gasteiger partial charge is 0.102 e. The first-order valence-corrected chi connectivity index (χ1v) is 8.08. The number of fused-ring (bicyclic) bond motifs is 2. The summed E-state index contributed by atoms with van der Waals surface area (Å²) in [5.74, 6) is 0.240. The summed E-state index contributed by atoms with van der Waals surface area (Å²) in [7, 11) is 0. The van der Waals surface area contributed by atoms with Crippen LogP contribution in [0.2, 0.25) is 0 Å². The number of aryl methyl sites for hydroxylation is 1. The Morgan fingerprint density at radius 3 is 2.75 bits per heavy atom. The Morgan fingerprint density at radius 1 is 1.21 bits per heavy atom. The van der Waals surface area contributed by atoms with E-state index in [-0.39, 0.29) is 5.92 Å². The molecule has 0 aliphatic rings. The number of benzene rings is 2. The van der Waals surface area contributed by atoms with Crippen molar-refractivity contribution in [1.82, 2.24) is 14.8 Å². The predicted molar refractivity (Wildman–Crippen MR) is 96.5 cm³/mol. The van der Waals surface area contributed by atoms with E-state index in [4.69, 9.17) is 0 Å². The second-order valence-corrected chi connectivity index (χ2v) is 6.53. The Hall–Kier alpha value is -3.06. The molecular weight excluding hydrogens is 296 g/mol. The molecule has 0 atom stereocenters. The van der Waals surface area contributed by atoms with Crippen LogP contribution in [0.25, 0.3) is 27.5 Å². The molecule has 24 heavy (non-hydrogen) atoms. The Labute approximate surface area is 140 Å². The van der Waals surface area contributed by atoms with Crippen molar-refractivity contribution < 1.29 is 0 Å². The summed E-state index contributed by atoms with van der Waals surface area (Å²) >= 11 is 0. The summed E-state index contributed by atoms with van der Waals surface area (Å²) in [5, 5.41) is 19.0. The number of H-pyrrole nitrogens is 1. The van der Waals surface area contributed by atoms with E-state index in [0.29, 0.717) is 0 Å². The fraction of sp³-hybridized carbons (Fsp3) is 0.200. The molecule has 0 bridgehead atoms. The van der Waals surface area contributed by atoms with Gasteiger partial charge in [0, 0.05) is 22.2 Å². The van der Waals surface area contributed by atoms with Crippen LogP contribution in [0.3, 0.4) is 0 Å². The summed E-state index contributed by atoms with van der Waals surface area (Å²) in [4.78, 5) is 0. The van der Waals surface area contributed by atoms with Crippen LogP contribution in [0.5, 0.6) is 0 Å². The molecule has 1 N–H and O–H groups in total. The second kappa shape index (κ2) is 5.24. The molecule has 0 unspecified atom stereocenters. The lowest BCUT2D eigenvalue weighted by Crippen LogP contribution is -2.03. The van der Waals surface area contributed by atoms with E-state index < -0.39 is 0 Å². The highest BCUT2D eigenvalue weighted by Crippen LogP contribution is 2.35. The third-order valence-corrected chi connectivity index (χ3v) is 4.48. The van der Waals surface area contributed by atoms with Gasteiger partial charge in [0.15, 0.2) is 0 Å². The summed E-state index contributed by atoms with van der Waals surface area (Å²) < 4.78 is 2.22. The average molecular weight is 314 g/mol. The molecule has 0 amide bonds. The van der Waals surface area contributed by atoms with Crippen molar-refractivity contribution >= 4 is 21.8 Å². The van der Waals surface area contributed by atoms with Crippen LogP contribution in [-0.4, -0.2) is 14.8 Å². The van der Waals surface area contributed by atoms with Crippen LogP contribution < -0.4 is 0 Å². The van der Waals surface area contributed by atoms with Gasteiger partial charge >= 0.3 is 0 Å². The Kier molecular flexibility index (Phi) is 3.17. The number of aromatic amines is 1. The van der Waals surface area contributed by atoms with Crippen molar-refractivity contribution in [2.45, 2.75) is 26.7 Å². The molecule has 0 aliphatic carbocycles. The van der Waals surface area contributed by atoms with Gasteiger partial charge in [-0.25, -0.2) is 0 Å². The number of nitrogens with zero attached hydrogens (tertiary/aromatic N) is 3. The SMILES string of the molecule is Cc1cccc(-n2c(C(C)C)c(C#N)c3cc4[nH]ncc4cc32)c1. The molecule has 4 aromatic rings. The third-order valence-electron chi connectivity index (χ3n) is 4.48. The minimum atomic E-state index is 0.240. The molecule has 4 heteroatoms. The lowest BCUT2D eigenvalue weighted by atomic mass is 10.0. The Balaban J connectivity index is 2.20. The third kappa shape index (κ3) is 2.02. The molecule has 118 valence electrons. The Bertz CT molecular complexity index is 1110. The summed E-state index contributed by atoms with van der Waals surface area (Å²) in [6, 6.07) is 15.0. The summed E-state index contributed by atoms with van der Waals surface area (Å²) in [5.41, 5.74) is 6.10. The topological polar surface area (TPSA) is 57.4 Å². The van der Waals surface area contributed by atoms with Gasteiger partial charge < -0.3 is 4.57 Å². The fourth-order valence-electron chi connectivity index (χ4n) is 3.45. The number of aromatic nitrogens is 3. The molecule has 2 aromatic carbocycles. The lowest BCUT2D eigenvalue weighted by molar-refractivity contribution is 0.792. The zero-order valence-electron chi connectivity index (χ0n) is 14.0. The second-order valence-electron chi connectivity index (χ2n) is 6.53. The normalized spacial score (nSPS) is 11.5. The largest absolute Gasteiger partial charge is 0.312 e. The van der Waals surface area contributed by atoms with E-state index in [1.165, 1.54) is 5.56 Å². The maximum atomic E-state index is 9.81. The van der Waals surface area contributed by atoms with Gasteiger partial charge in [0.05, 0.1) is 22.8 Å². The molecule has 4 nitrogen and oxygen atoms in total. The first-order valence-electron chi connectivity index (χ1n) is 8.08. The first-order chi connectivity index (χ1) is 11.6. The van der Waals surface area contributed by atoms with Crippen molar-refractivity contribution in [2.75, 3.05) is 0 Å². The van der Waals surface area contributed by atoms with Gasteiger partial charge in [0.2, 0.25) is 0 Å². The van der Waals surface area contributed by atoms with E-state index in [2.05, 4.69) is 71.9 Å². The number of nitrogens with one attached hydrogen (secondary N) is 1. The van der Waals surface area contributed by atoms with Crippen molar-refractivity contribution in [3.05, 3.63) is 59.4 Å². The molecule has 0 saturated carbocycles. The summed E-state index contributed by atoms with van der Waals surface area (Å²) in [6.07, 6.45) is 1.82. The first kappa shape index (κ1) is 14.5. The highest BCUT2D eigenvalue weighted by molar-refractivity contribution is 5.99. The van der Waals surface area contributed by atoms with E-state index in [0.717, 1.165) is 38.8 Å². The van der Waals surface area contributed by atoms with E-state index in [9.17, 15) is 5.26 Å². The van der Waals surface area contributed by atoms with E-state index >= 15 is 0 Å². The van der Waals surface area contributed by atoms with Crippen LogP contribution >= 0.6 is 0 Å². The molecule has 2 heterocycles. The van der Waals surface area contributed by atoms with Gasteiger partial charge in [0.1, 0.15) is 6.07 Å². The van der Waals surface area contributed by atoms with Crippen LogP contribution in [0.15, 0.2) is 42.6 Å². The highest BCUT2D eigenvalue weighted by atomic mass is 15.1. The zero-order valence-corrected chi connectivity index (χ0v) is 14.0. The fourth-order valence-corrected chi connectivity index (χ4v) is 3.45. The van der Waals surface area contributed by atoms with Gasteiger partial charge in [-0.1, -0.05) is 26.0 Å². The molecule has 4 rings (SSSR count). The number of nitriles is 1. The molecule has 0 radical (unpaired) electrons. The van der Waals surface area contributed by atoms with Gasteiger partial charge in [-0.2, -0.15) is 10.4 Å². The molecule has 0 saturated heterocycles. The van der Waals surface area contributed by atoms with Gasteiger partial charge in [-0.05, 0) is 42.7 Å². The zero-order chi connectivity index (χ0) is 16.8. The van der Waals surface area contributed by atoms with Crippen LogP contribution in [-0.2, 0) is 0 Å². The van der Waals surface area contributed by atoms with E-state index in [1.54, 1.807) is 0 Å². The van der Waals surface area contributed by atoms with Crippen molar-refractivity contribution in [1.29, 1.82) is 5.26 Å². The molecule has 0 spiro atoms. The van der Waals surface area contributed by atoms with Crippen molar-refractivity contribution in [3.63, 3.8) is 0 Å². The van der Waals surface area contributed by atoms with Crippen molar-refractivity contribution in [3.8, 4) is 11.8 Å². The molecule has 0 aliphatic heterocycles. The number of hydrogen-bond donors (Lipinski definition) is 1. The molecular formula is C20H18N4.